The molecule has 1 nitrogen and oxygen atoms in total. The highest BCUT2D eigenvalue weighted by Crippen LogP contribution is 2.38. The Morgan fingerprint density at radius 1 is 1.29 bits per heavy atom. The number of fused-ring (bicyclic) bond motifs is 1. The summed E-state index contributed by atoms with van der Waals surface area (Å²) in [4.78, 5) is 0. The Morgan fingerprint density at radius 2 is 2.21 bits per heavy atom. The number of benzene rings is 1. The summed E-state index contributed by atoms with van der Waals surface area (Å²) in [6.45, 7) is 1.15. The molecule has 1 N–H and O–H groups in total. The van der Waals surface area contributed by atoms with E-state index in [9.17, 15) is 0 Å². The summed E-state index contributed by atoms with van der Waals surface area (Å²) < 4.78 is 0. The van der Waals surface area contributed by atoms with E-state index in [0.717, 1.165) is 17.7 Å². The maximum absolute atomic E-state index is 3.41. The van der Waals surface area contributed by atoms with Gasteiger partial charge < -0.3 is 5.32 Å². The lowest BCUT2D eigenvalue weighted by molar-refractivity contribution is 0.724. The van der Waals surface area contributed by atoms with Crippen molar-refractivity contribution in [3.8, 4) is 0 Å². The van der Waals surface area contributed by atoms with E-state index in [-0.39, 0.29) is 0 Å². The molecule has 1 aromatic rings. The zero-order valence-corrected chi connectivity index (χ0v) is 8.76. The summed E-state index contributed by atoms with van der Waals surface area (Å²) in [6.07, 6.45) is 4.62. The fourth-order valence-electron chi connectivity index (χ4n) is 2.26. The highest BCUT2D eigenvalue weighted by Gasteiger charge is 2.28. The average Bonchev–Trinajstić information content (AvgIpc) is 2.85. The van der Waals surface area contributed by atoms with Crippen molar-refractivity contribution >= 4 is 17.8 Å². The van der Waals surface area contributed by atoms with Crippen LogP contribution in [0.3, 0.4) is 0 Å². The number of allylic oxidation sites excluding steroid dienone is 1. The van der Waals surface area contributed by atoms with Gasteiger partial charge in [0, 0.05) is 23.6 Å². The van der Waals surface area contributed by atoms with Crippen molar-refractivity contribution in [3.05, 3.63) is 41.5 Å². The molecule has 0 bridgehead atoms. The second-order valence-corrected chi connectivity index (χ2v) is 5.04. The third-order valence-electron chi connectivity index (χ3n) is 2.98. The molecule has 1 heterocycles. The molecule has 3 rings (SSSR count). The number of hydrogen-bond donors (Lipinski definition) is 1. The first-order chi connectivity index (χ1) is 6.95. The molecule has 0 saturated carbocycles. The SMILES string of the molecule is C1=CC(C2CNCS2)c2ccccc21. The van der Waals surface area contributed by atoms with Crippen molar-refractivity contribution in [3.63, 3.8) is 0 Å². The van der Waals surface area contributed by atoms with Crippen molar-refractivity contribution in [1.82, 2.24) is 5.32 Å². The quantitative estimate of drug-likeness (QED) is 0.752. The minimum atomic E-state index is 0.631. The van der Waals surface area contributed by atoms with E-state index in [4.69, 9.17) is 0 Å². The van der Waals surface area contributed by atoms with Gasteiger partial charge in [-0.15, -0.1) is 11.8 Å². The van der Waals surface area contributed by atoms with Gasteiger partial charge in [-0.3, -0.25) is 0 Å². The smallest absolute Gasteiger partial charge is 0.0421 e. The minimum absolute atomic E-state index is 0.631. The molecule has 2 atom stereocenters. The molecule has 0 amide bonds. The zero-order valence-electron chi connectivity index (χ0n) is 7.94. The van der Waals surface area contributed by atoms with Crippen LogP contribution < -0.4 is 5.32 Å². The molecule has 1 saturated heterocycles. The maximum Gasteiger partial charge on any atom is 0.0421 e. The molecule has 0 aromatic heterocycles. The molecular weight excluding hydrogens is 190 g/mol. The normalized spacial score (nSPS) is 29.4. The lowest BCUT2D eigenvalue weighted by Gasteiger charge is -2.16. The fourth-order valence-corrected chi connectivity index (χ4v) is 3.39. The standard InChI is InChI=1S/C12H13NS/c1-2-4-10-9(3-1)5-6-11(10)12-7-13-8-14-12/h1-6,11-13H,7-8H2. The lowest BCUT2D eigenvalue weighted by Crippen LogP contribution is -2.18. The van der Waals surface area contributed by atoms with E-state index < -0.39 is 0 Å². The van der Waals surface area contributed by atoms with E-state index in [1.54, 1.807) is 0 Å². The van der Waals surface area contributed by atoms with Gasteiger partial charge in [0.1, 0.15) is 0 Å². The van der Waals surface area contributed by atoms with Gasteiger partial charge in [-0.1, -0.05) is 36.4 Å². The van der Waals surface area contributed by atoms with Gasteiger partial charge in [0.05, 0.1) is 0 Å². The Labute approximate surface area is 88.6 Å². The van der Waals surface area contributed by atoms with Gasteiger partial charge in [0.25, 0.3) is 0 Å². The van der Waals surface area contributed by atoms with E-state index in [0.29, 0.717) is 5.92 Å². The van der Waals surface area contributed by atoms with Crippen LogP contribution in [-0.2, 0) is 0 Å². The monoisotopic (exact) mass is 203 g/mol. The molecule has 0 radical (unpaired) electrons. The molecule has 2 aliphatic rings. The van der Waals surface area contributed by atoms with Gasteiger partial charge in [-0.05, 0) is 11.1 Å². The fraction of sp³-hybridized carbons (Fsp3) is 0.333. The minimum Gasteiger partial charge on any atom is -0.307 e. The predicted molar refractivity (Wildman–Crippen MR) is 62.5 cm³/mol. The first-order valence-corrected chi connectivity index (χ1v) is 6.09. The Balaban J connectivity index is 1.93. The lowest BCUT2D eigenvalue weighted by atomic mass is 9.97. The molecule has 2 unspecified atom stereocenters. The van der Waals surface area contributed by atoms with Crippen LogP contribution in [-0.4, -0.2) is 17.7 Å². The number of thioether (sulfide) groups is 1. The topological polar surface area (TPSA) is 12.0 Å². The van der Waals surface area contributed by atoms with Crippen LogP contribution in [0.1, 0.15) is 17.0 Å². The summed E-state index contributed by atoms with van der Waals surface area (Å²) in [7, 11) is 0. The van der Waals surface area contributed by atoms with Crippen molar-refractivity contribution in [2.75, 3.05) is 12.4 Å². The molecule has 0 spiro atoms. The van der Waals surface area contributed by atoms with Crippen LogP contribution in [0.5, 0.6) is 0 Å². The summed E-state index contributed by atoms with van der Waals surface area (Å²) in [5.41, 5.74) is 2.92. The average molecular weight is 203 g/mol. The number of rotatable bonds is 1. The number of nitrogens with one attached hydrogen (secondary N) is 1. The van der Waals surface area contributed by atoms with Crippen LogP contribution in [0.25, 0.3) is 6.08 Å². The first kappa shape index (κ1) is 8.57. The van der Waals surface area contributed by atoms with Crippen LogP contribution in [0.2, 0.25) is 0 Å². The molecule has 1 aromatic carbocycles. The zero-order chi connectivity index (χ0) is 9.38. The summed E-state index contributed by atoms with van der Waals surface area (Å²) in [6, 6.07) is 8.73. The maximum atomic E-state index is 3.41. The van der Waals surface area contributed by atoms with Crippen LogP contribution >= 0.6 is 11.8 Å². The van der Waals surface area contributed by atoms with Gasteiger partial charge in [-0.2, -0.15) is 0 Å². The number of hydrogen-bond acceptors (Lipinski definition) is 2. The highest BCUT2D eigenvalue weighted by molar-refractivity contribution is 8.00. The second-order valence-electron chi connectivity index (χ2n) is 3.82. The van der Waals surface area contributed by atoms with Crippen LogP contribution in [0.4, 0.5) is 0 Å². The summed E-state index contributed by atoms with van der Waals surface area (Å²) in [5, 5.41) is 4.14. The summed E-state index contributed by atoms with van der Waals surface area (Å²) in [5.74, 6) is 1.74. The second kappa shape index (κ2) is 3.44. The van der Waals surface area contributed by atoms with Crippen molar-refractivity contribution in [1.29, 1.82) is 0 Å². The summed E-state index contributed by atoms with van der Waals surface area (Å²) >= 11 is 2.04. The molecule has 1 aliphatic carbocycles. The molecular formula is C12H13NS. The first-order valence-electron chi connectivity index (χ1n) is 5.04. The molecule has 14 heavy (non-hydrogen) atoms. The van der Waals surface area contributed by atoms with E-state index in [1.807, 2.05) is 11.8 Å². The van der Waals surface area contributed by atoms with Crippen molar-refractivity contribution < 1.29 is 0 Å². The molecule has 72 valence electrons. The third kappa shape index (κ3) is 1.30. The van der Waals surface area contributed by atoms with Crippen molar-refractivity contribution in [2.45, 2.75) is 11.2 Å². The van der Waals surface area contributed by atoms with E-state index in [1.165, 1.54) is 11.1 Å². The van der Waals surface area contributed by atoms with Gasteiger partial charge >= 0.3 is 0 Å². The van der Waals surface area contributed by atoms with Crippen LogP contribution in [0.15, 0.2) is 30.3 Å². The van der Waals surface area contributed by atoms with Gasteiger partial charge in [0.15, 0.2) is 0 Å². The van der Waals surface area contributed by atoms with Gasteiger partial charge in [0.2, 0.25) is 0 Å². The van der Waals surface area contributed by atoms with Crippen molar-refractivity contribution in [2.24, 2.45) is 0 Å². The van der Waals surface area contributed by atoms with E-state index in [2.05, 4.69) is 41.7 Å². The van der Waals surface area contributed by atoms with Crippen LogP contribution in [0, 0.1) is 0 Å². The molecule has 1 aliphatic heterocycles. The Bertz CT molecular complexity index is 366. The third-order valence-corrected chi connectivity index (χ3v) is 4.24. The molecule has 1 fully saturated rings. The predicted octanol–water partition coefficient (Wildman–Crippen LogP) is 2.46. The Morgan fingerprint density at radius 3 is 3.07 bits per heavy atom. The Kier molecular flexibility index (Phi) is 2.11. The van der Waals surface area contributed by atoms with E-state index >= 15 is 0 Å². The largest absolute Gasteiger partial charge is 0.307 e. The Hall–Kier alpha value is -0.730. The highest BCUT2D eigenvalue weighted by atomic mass is 32.2. The van der Waals surface area contributed by atoms with Gasteiger partial charge in [-0.25, -0.2) is 0 Å². The molecule has 2 heteroatoms.